The van der Waals surface area contributed by atoms with E-state index in [0.717, 1.165) is 50.4 Å². The summed E-state index contributed by atoms with van der Waals surface area (Å²) in [5, 5.41) is 11.5. The van der Waals surface area contributed by atoms with Gasteiger partial charge in [0.05, 0.1) is 31.1 Å². The van der Waals surface area contributed by atoms with E-state index >= 15 is 0 Å². The molecule has 1 amide bonds. The van der Waals surface area contributed by atoms with E-state index in [4.69, 9.17) is 14.6 Å². The molecule has 1 saturated heterocycles. The Morgan fingerprint density at radius 2 is 1.78 bits per heavy atom. The molecule has 0 saturated carbocycles. The molecule has 2 N–H and O–H groups in total. The van der Waals surface area contributed by atoms with Crippen molar-refractivity contribution < 1.29 is 23.8 Å². The number of aliphatic hydroxyl groups excluding tert-OH is 1. The summed E-state index contributed by atoms with van der Waals surface area (Å²) in [4.78, 5) is 17.6. The van der Waals surface area contributed by atoms with Crippen molar-refractivity contribution in [3.8, 4) is 0 Å². The van der Waals surface area contributed by atoms with Gasteiger partial charge in [0.15, 0.2) is 0 Å². The molecule has 5 rings (SSSR count). The molecule has 0 aromatic heterocycles. The summed E-state index contributed by atoms with van der Waals surface area (Å²) in [6.07, 6.45) is 1.94. The second kappa shape index (κ2) is 10.8. The molecule has 3 aliphatic heterocycles. The molecule has 7 nitrogen and oxygen atoms in total. The molecule has 37 heavy (non-hydrogen) atoms. The summed E-state index contributed by atoms with van der Waals surface area (Å²) in [5.41, 5.74) is 4.26. The zero-order chi connectivity index (χ0) is 26.0. The molecular weight excluding hydrogens is 473 g/mol. The minimum Gasteiger partial charge on any atom is -0.482 e. The average Bonchev–Trinajstić information content (AvgIpc) is 3.37. The summed E-state index contributed by atoms with van der Waals surface area (Å²) < 4.78 is 25.3. The maximum Gasteiger partial charge on any atom is 0.260 e. The SMILES string of the molecule is CC1(C)OC(=C2C(=O)Nc3cc(F)ccc32)C=C1c1ccc(CN2CCN(CCOCCO)CC2)cc1. The number of carbonyl (C=O) groups is 1. The van der Waals surface area contributed by atoms with Crippen LogP contribution >= 0.6 is 0 Å². The highest BCUT2D eigenvalue weighted by Crippen LogP contribution is 2.44. The zero-order valence-corrected chi connectivity index (χ0v) is 21.4. The van der Waals surface area contributed by atoms with Crippen LogP contribution in [0.3, 0.4) is 0 Å². The predicted octanol–water partition coefficient (Wildman–Crippen LogP) is 3.51. The Hall–Kier alpha value is -3.04. The summed E-state index contributed by atoms with van der Waals surface area (Å²) in [6.45, 7) is 11.0. The molecule has 0 spiro atoms. The lowest BCUT2D eigenvalue weighted by atomic mass is 9.91. The second-order valence-electron chi connectivity index (χ2n) is 10.2. The fourth-order valence-corrected chi connectivity index (χ4v) is 5.19. The molecule has 3 heterocycles. The molecule has 0 unspecified atom stereocenters. The van der Waals surface area contributed by atoms with Crippen molar-refractivity contribution in [1.29, 1.82) is 0 Å². The Bertz CT molecular complexity index is 1210. The van der Waals surface area contributed by atoms with Crippen LogP contribution in [0.1, 0.15) is 30.5 Å². The van der Waals surface area contributed by atoms with Gasteiger partial charge in [0.2, 0.25) is 0 Å². The number of halogens is 1. The van der Waals surface area contributed by atoms with Crippen molar-refractivity contribution in [2.24, 2.45) is 0 Å². The Kier molecular flexibility index (Phi) is 7.44. The third-order valence-electron chi connectivity index (χ3n) is 7.19. The van der Waals surface area contributed by atoms with Gasteiger partial charge in [-0.1, -0.05) is 24.3 Å². The lowest BCUT2D eigenvalue weighted by Gasteiger charge is -2.34. The number of piperazine rings is 1. The molecule has 3 aliphatic rings. The predicted molar refractivity (Wildman–Crippen MR) is 141 cm³/mol. The molecule has 2 aromatic rings. The molecule has 0 bridgehead atoms. The van der Waals surface area contributed by atoms with Gasteiger partial charge in [0.1, 0.15) is 17.2 Å². The fraction of sp³-hybridized carbons (Fsp3) is 0.414. The van der Waals surface area contributed by atoms with E-state index in [1.165, 1.54) is 17.7 Å². The van der Waals surface area contributed by atoms with Crippen LogP contribution in [0.25, 0.3) is 11.1 Å². The Balaban J connectivity index is 1.25. The van der Waals surface area contributed by atoms with Gasteiger partial charge in [-0.05, 0) is 49.2 Å². The molecule has 0 aliphatic carbocycles. The standard InChI is InChI=1S/C29H34FN3O4/c1-29(2)24(18-26(37-29)27-23-8-7-22(30)17-25(23)31-28(27)35)21-5-3-20(4-6-21)19-33-11-9-32(10-12-33)13-15-36-16-14-34/h3-8,17-18,34H,9-16,19H2,1-2H3,(H,31,35). The fourth-order valence-electron chi connectivity index (χ4n) is 5.19. The summed E-state index contributed by atoms with van der Waals surface area (Å²) in [5.74, 6) is -0.163. The molecule has 1 fully saturated rings. The van der Waals surface area contributed by atoms with E-state index in [-0.39, 0.29) is 18.3 Å². The smallest absolute Gasteiger partial charge is 0.260 e. The number of nitrogens with one attached hydrogen (secondary N) is 1. The van der Waals surface area contributed by atoms with Crippen LogP contribution < -0.4 is 5.32 Å². The first-order valence-corrected chi connectivity index (χ1v) is 12.8. The van der Waals surface area contributed by atoms with Crippen LogP contribution in [0.15, 0.2) is 54.3 Å². The zero-order valence-electron chi connectivity index (χ0n) is 21.4. The molecule has 196 valence electrons. The first kappa shape index (κ1) is 25.6. The van der Waals surface area contributed by atoms with Crippen molar-refractivity contribution >= 4 is 22.7 Å². The molecule has 0 radical (unpaired) electrons. The van der Waals surface area contributed by atoms with Crippen LogP contribution in [0.4, 0.5) is 10.1 Å². The monoisotopic (exact) mass is 507 g/mol. The van der Waals surface area contributed by atoms with Gasteiger partial charge in [0.25, 0.3) is 5.91 Å². The number of benzene rings is 2. The van der Waals surface area contributed by atoms with Gasteiger partial charge in [-0.25, -0.2) is 4.39 Å². The van der Waals surface area contributed by atoms with Gasteiger partial charge < -0.3 is 19.9 Å². The van der Waals surface area contributed by atoms with Gasteiger partial charge in [-0.15, -0.1) is 0 Å². The van der Waals surface area contributed by atoms with Crippen LogP contribution in [-0.4, -0.2) is 79.0 Å². The number of allylic oxidation sites excluding steroid dienone is 1. The van der Waals surface area contributed by atoms with E-state index in [0.29, 0.717) is 35.8 Å². The Morgan fingerprint density at radius 1 is 1.05 bits per heavy atom. The summed E-state index contributed by atoms with van der Waals surface area (Å²) >= 11 is 0. The van der Waals surface area contributed by atoms with Crippen LogP contribution in [0.5, 0.6) is 0 Å². The minimum atomic E-state index is -0.607. The molecule has 2 aromatic carbocycles. The quantitative estimate of drug-likeness (QED) is 0.421. The van der Waals surface area contributed by atoms with Crippen LogP contribution in [0.2, 0.25) is 0 Å². The highest BCUT2D eigenvalue weighted by atomic mass is 19.1. The first-order chi connectivity index (χ1) is 17.8. The number of fused-ring (bicyclic) bond motifs is 1. The number of nitrogens with zero attached hydrogens (tertiary/aromatic N) is 2. The third-order valence-corrected chi connectivity index (χ3v) is 7.19. The number of hydrogen-bond acceptors (Lipinski definition) is 6. The number of rotatable bonds is 8. The first-order valence-electron chi connectivity index (χ1n) is 12.8. The van der Waals surface area contributed by atoms with Crippen molar-refractivity contribution in [3.05, 3.63) is 76.8 Å². The second-order valence-corrected chi connectivity index (χ2v) is 10.2. The number of carbonyl (C=O) groups excluding carboxylic acids is 1. The molecular formula is C29H34FN3O4. The maximum atomic E-state index is 13.6. The normalized spacial score (nSPS) is 21.5. The van der Waals surface area contributed by atoms with Crippen LogP contribution in [0, 0.1) is 5.82 Å². The van der Waals surface area contributed by atoms with E-state index in [2.05, 4.69) is 39.4 Å². The number of anilines is 1. The highest BCUT2D eigenvalue weighted by molar-refractivity contribution is 6.32. The van der Waals surface area contributed by atoms with Gasteiger partial charge in [0, 0.05) is 50.4 Å². The van der Waals surface area contributed by atoms with E-state index in [1.54, 1.807) is 6.07 Å². The largest absolute Gasteiger partial charge is 0.482 e. The van der Waals surface area contributed by atoms with Crippen molar-refractivity contribution in [2.75, 3.05) is 57.9 Å². The van der Waals surface area contributed by atoms with Crippen molar-refractivity contribution in [3.63, 3.8) is 0 Å². The number of amides is 1. The van der Waals surface area contributed by atoms with E-state index in [9.17, 15) is 9.18 Å². The maximum absolute atomic E-state index is 13.6. The highest BCUT2D eigenvalue weighted by Gasteiger charge is 2.38. The molecule has 0 atom stereocenters. The van der Waals surface area contributed by atoms with Gasteiger partial charge >= 0.3 is 0 Å². The minimum absolute atomic E-state index is 0.0707. The van der Waals surface area contributed by atoms with Crippen molar-refractivity contribution in [1.82, 2.24) is 9.80 Å². The summed E-state index contributed by atoms with van der Waals surface area (Å²) in [6, 6.07) is 12.9. The van der Waals surface area contributed by atoms with Crippen LogP contribution in [-0.2, 0) is 20.8 Å². The van der Waals surface area contributed by atoms with E-state index in [1.807, 2.05) is 19.9 Å². The third kappa shape index (κ3) is 5.62. The lowest BCUT2D eigenvalue weighted by Crippen LogP contribution is -2.46. The topological polar surface area (TPSA) is 74.3 Å². The number of aliphatic hydroxyl groups is 1. The molecule has 8 heteroatoms. The Morgan fingerprint density at radius 3 is 2.51 bits per heavy atom. The van der Waals surface area contributed by atoms with Gasteiger partial charge in [-0.3, -0.25) is 14.6 Å². The summed E-state index contributed by atoms with van der Waals surface area (Å²) in [7, 11) is 0. The number of hydrogen-bond donors (Lipinski definition) is 2. The lowest BCUT2D eigenvalue weighted by molar-refractivity contribution is -0.111. The van der Waals surface area contributed by atoms with Crippen molar-refractivity contribution in [2.45, 2.75) is 26.0 Å². The average molecular weight is 508 g/mol. The van der Waals surface area contributed by atoms with Gasteiger partial charge in [-0.2, -0.15) is 0 Å². The Labute approximate surface area is 217 Å². The number of ether oxygens (including phenoxy) is 2. The van der Waals surface area contributed by atoms with E-state index < -0.39 is 5.60 Å².